The van der Waals surface area contributed by atoms with Crippen LogP contribution in [-0.4, -0.2) is 54.0 Å². The van der Waals surface area contributed by atoms with E-state index < -0.39 is 65.2 Å². The third-order valence-electron chi connectivity index (χ3n) is 6.86. The first-order chi connectivity index (χ1) is 18.7. The highest BCUT2D eigenvalue weighted by molar-refractivity contribution is 5.80. The Balaban J connectivity index is 1.88. The lowest BCUT2D eigenvalue weighted by Gasteiger charge is -2.40. The van der Waals surface area contributed by atoms with Gasteiger partial charge in [0.15, 0.2) is 0 Å². The smallest absolute Gasteiger partial charge is 0.416 e. The van der Waals surface area contributed by atoms with Crippen molar-refractivity contribution >= 4 is 11.9 Å². The van der Waals surface area contributed by atoms with Crippen LogP contribution in [0.4, 0.5) is 30.7 Å². The number of amides is 1. The molecule has 1 aliphatic rings. The van der Waals surface area contributed by atoms with Gasteiger partial charge in [-0.15, -0.1) is 0 Å². The van der Waals surface area contributed by atoms with Crippen LogP contribution in [0, 0.1) is 18.7 Å². The second-order valence-electron chi connectivity index (χ2n) is 11.4. The zero-order valence-electron chi connectivity index (χ0n) is 23.4. The molecule has 1 fully saturated rings. The van der Waals surface area contributed by atoms with Crippen LogP contribution in [0.5, 0.6) is 0 Å². The van der Waals surface area contributed by atoms with E-state index in [2.05, 4.69) is 0 Å². The largest absolute Gasteiger partial charge is 0.459 e. The first-order valence-electron chi connectivity index (χ1n) is 13.0. The van der Waals surface area contributed by atoms with Gasteiger partial charge in [0, 0.05) is 32.0 Å². The lowest BCUT2D eigenvalue weighted by Crippen LogP contribution is -2.47. The van der Waals surface area contributed by atoms with E-state index in [1.807, 2.05) is 4.90 Å². The van der Waals surface area contributed by atoms with Crippen LogP contribution >= 0.6 is 0 Å². The van der Waals surface area contributed by atoms with Crippen LogP contribution in [0.15, 0.2) is 36.4 Å². The molecule has 1 amide bonds. The van der Waals surface area contributed by atoms with Crippen molar-refractivity contribution in [2.45, 2.75) is 64.5 Å². The fourth-order valence-corrected chi connectivity index (χ4v) is 5.13. The summed E-state index contributed by atoms with van der Waals surface area (Å²) in [7, 11) is 1.32. The molecule has 12 heteroatoms. The minimum absolute atomic E-state index is 0.0407. The molecule has 5 nitrogen and oxygen atoms in total. The Morgan fingerprint density at radius 3 is 2.07 bits per heavy atom. The van der Waals surface area contributed by atoms with E-state index in [4.69, 9.17) is 4.74 Å². The first kappa shape index (κ1) is 32.4. The average Bonchev–Trinajstić information content (AvgIpc) is 2.81. The minimum atomic E-state index is -5.01. The number of hydrogen-bond acceptors (Lipinski definition) is 4. The molecule has 2 aromatic carbocycles. The van der Waals surface area contributed by atoms with E-state index in [0.717, 1.165) is 4.90 Å². The van der Waals surface area contributed by atoms with Gasteiger partial charge in [-0.1, -0.05) is 6.07 Å². The van der Waals surface area contributed by atoms with E-state index in [9.17, 15) is 40.3 Å². The minimum Gasteiger partial charge on any atom is -0.459 e. The van der Waals surface area contributed by atoms with Gasteiger partial charge in [0.25, 0.3) is 0 Å². The molecule has 0 aliphatic carbocycles. The zero-order chi connectivity index (χ0) is 30.9. The highest BCUT2D eigenvalue weighted by Crippen LogP contribution is 2.38. The number of hydrogen-bond donors (Lipinski definition) is 0. The number of benzene rings is 2. The van der Waals surface area contributed by atoms with Gasteiger partial charge in [-0.05, 0) is 87.7 Å². The Labute approximate surface area is 234 Å². The maximum Gasteiger partial charge on any atom is 0.416 e. The van der Waals surface area contributed by atoms with Crippen molar-refractivity contribution in [2.24, 2.45) is 5.92 Å². The molecule has 0 unspecified atom stereocenters. The number of ether oxygens (including phenoxy) is 1. The number of likely N-dealkylation sites (tertiary alicyclic amines) is 1. The van der Waals surface area contributed by atoms with Gasteiger partial charge in [0.1, 0.15) is 11.4 Å². The average molecular weight is 591 g/mol. The van der Waals surface area contributed by atoms with Gasteiger partial charge in [-0.3, -0.25) is 14.5 Å². The molecule has 0 saturated carbocycles. The summed E-state index contributed by atoms with van der Waals surface area (Å²) >= 11 is 0. The number of halogens is 7. The van der Waals surface area contributed by atoms with Crippen LogP contribution in [-0.2, 0) is 33.2 Å². The molecule has 0 N–H and O–H groups in total. The van der Waals surface area contributed by atoms with E-state index >= 15 is 0 Å². The van der Waals surface area contributed by atoms with E-state index in [1.54, 1.807) is 33.8 Å². The summed E-state index contributed by atoms with van der Waals surface area (Å²) in [6.07, 6.45) is -9.76. The van der Waals surface area contributed by atoms with Gasteiger partial charge >= 0.3 is 18.3 Å². The molecule has 2 aromatic rings. The number of carbonyl (C=O) groups excluding carboxylic acids is 2. The fourth-order valence-electron chi connectivity index (χ4n) is 5.13. The lowest BCUT2D eigenvalue weighted by molar-refractivity contribution is -0.156. The topological polar surface area (TPSA) is 49.9 Å². The van der Waals surface area contributed by atoms with Crippen LogP contribution in [0.25, 0.3) is 0 Å². The highest BCUT2D eigenvalue weighted by atomic mass is 19.4. The van der Waals surface area contributed by atoms with Crippen LogP contribution < -0.4 is 0 Å². The predicted octanol–water partition coefficient (Wildman–Crippen LogP) is 6.58. The van der Waals surface area contributed by atoms with E-state index in [1.165, 1.54) is 19.2 Å². The van der Waals surface area contributed by atoms with Crippen LogP contribution in [0.1, 0.15) is 60.9 Å². The Morgan fingerprint density at radius 1 is 0.976 bits per heavy atom. The van der Waals surface area contributed by atoms with E-state index in [0.29, 0.717) is 29.8 Å². The third kappa shape index (κ3) is 8.67. The summed E-state index contributed by atoms with van der Waals surface area (Å²) in [5.41, 5.74) is -2.71. The number of aryl methyl sites for hydroxylation is 1. The van der Waals surface area contributed by atoms with Crippen molar-refractivity contribution < 1.29 is 45.1 Å². The van der Waals surface area contributed by atoms with Crippen molar-refractivity contribution in [3.05, 3.63) is 70.0 Å². The summed E-state index contributed by atoms with van der Waals surface area (Å²) < 4.78 is 99.3. The molecule has 0 radical (unpaired) electrons. The molecular formula is C29H33F7N2O3. The molecule has 226 valence electrons. The maximum atomic E-state index is 13.9. The number of esters is 1. The van der Waals surface area contributed by atoms with Crippen molar-refractivity contribution in [3.8, 4) is 0 Å². The number of alkyl halides is 6. The van der Waals surface area contributed by atoms with Crippen molar-refractivity contribution in [1.82, 2.24) is 9.80 Å². The molecule has 41 heavy (non-hydrogen) atoms. The Hall–Kier alpha value is -3.15. The molecule has 3 rings (SSSR count). The van der Waals surface area contributed by atoms with Gasteiger partial charge < -0.3 is 9.64 Å². The number of nitrogens with zero attached hydrogens (tertiary/aromatic N) is 2. The summed E-state index contributed by atoms with van der Waals surface area (Å²) in [6.45, 7) is 6.90. The Kier molecular flexibility index (Phi) is 9.46. The first-order valence-corrected chi connectivity index (χ1v) is 13.0. The maximum absolute atomic E-state index is 13.9. The molecule has 1 aliphatic heterocycles. The molecule has 0 bridgehead atoms. The van der Waals surface area contributed by atoms with Gasteiger partial charge in [-0.25, -0.2) is 4.39 Å². The SMILES string of the molecule is Cc1cc(F)ccc1[C@@H]1CN(CC(=O)OC(C)(C)C)CC[C@H]1C(=O)N(C)Cc1cc(C(F)(F)F)cc(C(F)(F)F)c1. The third-order valence-corrected chi connectivity index (χ3v) is 6.86. The molecule has 0 spiro atoms. The molecular weight excluding hydrogens is 557 g/mol. The second-order valence-corrected chi connectivity index (χ2v) is 11.4. The molecule has 1 heterocycles. The number of piperidine rings is 1. The summed E-state index contributed by atoms with van der Waals surface area (Å²) in [4.78, 5) is 29.0. The van der Waals surface area contributed by atoms with Crippen LogP contribution in [0.3, 0.4) is 0 Å². The lowest BCUT2D eigenvalue weighted by atomic mass is 9.78. The molecule has 0 aromatic heterocycles. The molecule has 1 saturated heterocycles. The summed E-state index contributed by atoms with van der Waals surface area (Å²) in [6, 6.07) is 5.36. The van der Waals surface area contributed by atoms with E-state index in [-0.39, 0.29) is 31.1 Å². The van der Waals surface area contributed by atoms with Crippen molar-refractivity contribution in [3.63, 3.8) is 0 Å². The summed E-state index contributed by atoms with van der Waals surface area (Å²) in [5.74, 6) is -2.65. The standard InChI is InChI=1S/C29H33F7N2O3/c1-17-10-21(30)6-7-22(17)24-15-38(16-25(39)41-27(2,3)4)9-8-23(24)26(40)37(5)14-18-11-19(28(31,32)33)13-20(12-18)29(34,35)36/h6-7,10-13,23-24H,8-9,14-16H2,1-5H3/t23-,24+/m1/s1. The van der Waals surface area contributed by atoms with Crippen LogP contribution in [0.2, 0.25) is 0 Å². The Bertz CT molecular complexity index is 1240. The molecule has 2 atom stereocenters. The monoisotopic (exact) mass is 590 g/mol. The van der Waals surface area contributed by atoms with Gasteiger partial charge in [0.2, 0.25) is 5.91 Å². The number of carbonyl (C=O) groups is 2. The summed E-state index contributed by atoms with van der Waals surface area (Å²) in [5, 5.41) is 0. The van der Waals surface area contributed by atoms with Crippen molar-refractivity contribution in [2.75, 3.05) is 26.7 Å². The Morgan fingerprint density at radius 2 is 1.56 bits per heavy atom. The number of rotatable bonds is 6. The second kappa shape index (κ2) is 12.0. The normalized spacial score (nSPS) is 18.7. The fraction of sp³-hybridized carbons (Fsp3) is 0.517. The van der Waals surface area contributed by atoms with Crippen molar-refractivity contribution in [1.29, 1.82) is 0 Å². The van der Waals surface area contributed by atoms with Gasteiger partial charge in [-0.2, -0.15) is 26.3 Å². The van der Waals surface area contributed by atoms with Gasteiger partial charge in [0.05, 0.1) is 17.7 Å². The predicted molar refractivity (Wildman–Crippen MR) is 137 cm³/mol. The highest BCUT2D eigenvalue weighted by Gasteiger charge is 2.39. The quantitative estimate of drug-likeness (QED) is 0.282. The zero-order valence-corrected chi connectivity index (χ0v) is 23.4.